The Hall–Kier alpha value is -0.0800. The summed E-state index contributed by atoms with van der Waals surface area (Å²) in [5.74, 6) is 0.459. The minimum Gasteiger partial charge on any atom is -0.390 e. The van der Waals surface area contributed by atoms with E-state index in [-0.39, 0.29) is 0 Å². The van der Waals surface area contributed by atoms with Crippen LogP contribution in [0.4, 0.5) is 0 Å². The number of hydrogen-bond donors (Lipinski definition) is 1. The van der Waals surface area contributed by atoms with E-state index in [2.05, 4.69) is 13.8 Å². The van der Waals surface area contributed by atoms with Gasteiger partial charge in [0.05, 0.1) is 5.60 Å². The molecule has 0 aromatic carbocycles. The molecule has 0 saturated carbocycles. The van der Waals surface area contributed by atoms with E-state index < -0.39 is 5.60 Å². The Morgan fingerprint density at radius 2 is 1.75 bits per heavy atom. The van der Waals surface area contributed by atoms with Crippen molar-refractivity contribution in [2.45, 2.75) is 45.1 Å². The molecule has 0 aromatic heterocycles. The predicted octanol–water partition coefficient (Wildman–Crippen LogP) is 1.96. The van der Waals surface area contributed by atoms with Crippen molar-refractivity contribution < 1.29 is 9.84 Å². The molecule has 2 heteroatoms. The lowest BCUT2D eigenvalue weighted by atomic mass is 9.78. The second kappa shape index (κ2) is 4.24. The third-order valence-corrected chi connectivity index (χ3v) is 3.21. The van der Waals surface area contributed by atoms with Gasteiger partial charge in [-0.15, -0.1) is 0 Å². The molecular weight excluding hydrogens is 152 g/mol. The Labute approximate surface area is 74.9 Å². The molecule has 0 spiro atoms. The quantitative estimate of drug-likeness (QED) is 0.705. The lowest BCUT2D eigenvalue weighted by molar-refractivity contribution is -0.0700. The van der Waals surface area contributed by atoms with Crippen LogP contribution in [0.1, 0.15) is 39.5 Å². The van der Waals surface area contributed by atoms with Crippen LogP contribution in [0.3, 0.4) is 0 Å². The lowest BCUT2D eigenvalue weighted by Gasteiger charge is -2.37. The Morgan fingerprint density at radius 1 is 1.25 bits per heavy atom. The molecule has 0 bridgehead atoms. The SMILES string of the molecule is CCC(O)(CC)C1CCOCC1. The van der Waals surface area contributed by atoms with Gasteiger partial charge in [-0.25, -0.2) is 0 Å². The van der Waals surface area contributed by atoms with E-state index in [4.69, 9.17) is 4.74 Å². The highest BCUT2D eigenvalue weighted by Gasteiger charge is 2.33. The Balaban J connectivity index is 2.51. The molecule has 1 rings (SSSR count). The van der Waals surface area contributed by atoms with Gasteiger partial charge in [0, 0.05) is 13.2 Å². The molecule has 0 aliphatic carbocycles. The standard InChI is InChI=1S/C10H20O2/c1-3-10(11,4-2)9-5-7-12-8-6-9/h9,11H,3-8H2,1-2H3. The smallest absolute Gasteiger partial charge is 0.0672 e. The number of hydrogen-bond acceptors (Lipinski definition) is 2. The fourth-order valence-corrected chi connectivity index (χ4v) is 2.06. The summed E-state index contributed by atoms with van der Waals surface area (Å²) in [5, 5.41) is 10.2. The second-order valence-electron chi connectivity index (χ2n) is 3.70. The van der Waals surface area contributed by atoms with Crippen molar-refractivity contribution in [3.05, 3.63) is 0 Å². The van der Waals surface area contributed by atoms with Gasteiger partial charge in [0.25, 0.3) is 0 Å². The lowest BCUT2D eigenvalue weighted by Crippen LogP contribution is -2.39. The molecule has 1 heterocycles. The summed E-state index contributed by atoms with van der Waals surface area (Å²) in [7, 11) is 0. The van der Waals surface area contributed by atoms with Gasteiger partial charge in [-0.3, -0.25) is 0 Å². The zero-order valence-electron chi connectivity index (χ0n) is 8.18. The van der Waals surface area contributed by atoms with Crippen LogP contribution < -0.4 is 0 Å². The zero-order valence-corrected chi connectivity index (χ0v) is 8.18. The van der Waals surface area contributed by atoms with E-state index in [1.54, 1.807) is 0 Å². The minimum absolute atomic E-state index is 0.427. The van der Waals surface area contributed by atoms with Crippen LogP contribution in [0.5, 0.6) is 0 Å². The molecule has 1 N–H and O–H groups in total. The molecule has 1 saturated heterocycles. The van der Waals surface area contributed by atoms with Crippen LogP contribution in [0, 0.1) is 5.92 Å². The van der Waals surface area contributed by atoms with Crippen molar-refractivity contribution in [2.75, 3.05) is 13.2 Å². The summed E-state index contributed by atoms with van der Waals surface area (Å²) >= 11 is 0. The topological polar surface area (TPSA) is 29.5 Å². The third kappa shape index (κ3) is 1.99. The first-order chi connectivity index (χ1) is 5.73. The van der Waals surface area contributed by atoms with Crippen molar-refractivity contribution in [1.82, 2.24) is 0 Å². The summed E-state index contributed by atoms with van der Waals surface area (Å²) in [6.45, 7) is 5.79. The van der Waals surface area contributed by atoms with Crippen molar-refractivity contribution in [3.8, 4) is 0 Å². The Morgan fingerprint density at radius 3 is 2.17 bits per heavy atom. The number of ether oxygens (including phenoxy) is 1. The van der Waals surface area contributed by atoms with E-state index >= 15 is 0 Å². The van der Waals surface area contributed by atoms with E-state index in [0.717, 1.165) is 38.9 Å². The monoisotopic (exact) mass is 172 g/mol. The fraction of sp³-hybridized carbons (Fsp3) is 1.00. The highest BCUT2D eigenvalue weighted by atomic mass is 16.5. The fourth-order valence-electron chi connectivity index (χ4n) is 2.06. The van der Waals surface area contributed by atoms with Crippen LogP contribution >= 0.6 is 0 Å². The summed E-state index contributed by atoms with van der Waals surface area (Å²) in [6, 6.07) is 0. The Bertz CT molecular complexity index is 124. The number of rotatable bonds is 3. The van der Waals surface area contributed by atoms with Crippen molar-refractivity contribution in [1.29, 1.82) is 0 Å². The van der Waals surface area contributed by atoms with Gasteiger partial charge >= 0.3 is 0 Å². The average Bonchev–Trinajstić information content (AvgIpc) is 2.18. The van der Waals surface area contributed by atoms with Gasteiger partial charge in [-0.05, 0) is 31.6 Å². The first-order valence-corrected chi connectivity index (χ1v) is 5.03. The first kappa shape index (κ1) is 10.0. The van der Waals surface area contributed by atoms with Gasteiger partial charge in [0.1, 0.15) is 0 Å². The van der Waals surface area contributed by atoms with Gasteiger partial charge in [-0.2, -0.15) is 0 Å². The molecule has 2 nitrogen and oxygen atoms in total. The van der Waals surface area contributed by atoms with Gasteiger partial charge in [0.2, 0.25) is 0 Å². The maximum Gasteiger partial charge on any atom is 0.0672 e. The maximum atomic E-state index is 10.2. The van der Waals surface area contributed by atoms with E-state index in [9.17, 15) is 5.11 Å². The maximum absolute atomic E-state index is 10.2. The summed E-state index contributed by atoms with van der Waals surface area (Å²) in [4.78, 5) is 0. The molecule has 12 heavy (non-hydrogen) atoms. The van der Waals surface area contributed by atoms with E-state index in [1.165, 1.54) is 0 Å². The van der Waals surface area contributed by atoms with E-state index in [0.29, 0.717) is 5.92 Å². The molecule has 0 aromatic rings. The minimum atomic E-state index is -0.427. The summed E-state index contributed by atoms with van der Waals surface area (Å²) in [5.41, 5.74) is -0.427. The molecule has 0 radical (unpaired) electrons. The van der Waals surface area contributed by atoms with Crippen LogP contribution in [-0.2, 0) is 4.74 Å². The van der Waals surface area contributed by atoms with Crippen LogP contribution in [-0.4, -0.2) is 23.9 Å². The molecule has 1 aliphatic rings. The van der Waals surface area contributed by atoms with Crippen LogP contribution in [0.15, 0.2) is 0 Å². The second-order valence-corrected chi connectivity index (χ2v) is 3.70. The normalized spacial score (nSPS) is 21.2. The molecular formula is C10H20O2. The summed E-state index contributed by atoms with van der Waals surface area (Å²) < 4.78 is 5.27. The van der Waals surface area contributed by atoms with Gasteiger partial charge in [0.15, 0.2) is 0 Å². The van der Waals surface area contributed by atoms with Crippen LogP contribution in [0.25, 0.3) is 0 Å². The zero-order chi connectivity index (χ0) is 9.03. The molecule has 0 atom stereocenters. The highest BCUT2D eigenvalue weighted by Crippen LogP contribution is 2.32. The molecule has 1 aliphatic heterocycles. The summed E-state index contributed by atoms with van der Waals surface area (Å²) in [6.07, 6.45) is 3.79. The Kier molecular flexibility index (Phi) is 3.53. The first-order valence-electron chi connectivity index (χ1n) is 5.03. The molecule has 0 amide bonds. The van der Waals surface area contributed by atoms with Crippen LogP contribution in [0.2, 0.25) is 0 Å². The molecule has 0 unspecified atom stereocenters. The largest absolute Gasteiger partial charge is 0.390 e. The molecule has 1 fully saturated rings. The van der Waals surface area contributed by atoms with Crippen molar-refractivity contribution in [3.63, 3.8) is 0 Å². The van der Waals surface area contributed by atoms with Gasteiger partial charge < -0.3 is 9.84 Å². The third-order valence-electron chi connectivity index (χ3n) is 3.21. The van der Waals surface area contributed by atoms with E-state index in [1.807, 2.05) is 0 Å². The highest BCUT2D eigenvalue weighted by molar-refractivity contribution is 4.85. The average molecular weight is 172 g/mol. The molecule has 72 valence electrons. The predicted molar refractivity (Wildman–Crippen MR) is 49.1 cm³/mol. The number of aliphatic hydroxyl groups is 1. The van der Waals surface area contributed by atoms with Gasteiger partial charge in [-0.1, -0.05) is 13.8 Å². The van der Waals surface area contributed by atoms with Crippen molar-refractivity contribution in [2.24, 2.45) is 5.92 Å². The van der Waals surface area contributed by atoms with Crippen molar-refractivity contribution >= 4 is 0 Å².